The van der Waals surface area contributed by atoms with E-state index in [1.165, 1.54) is 0 Å². The molecular weight excluding hydrogens is 510 g/mol. The Kier molecular flexibility index (Phi) is 9.25. The first kappa shape index (κ1) is 30.1. The molecule has 7 atom stereocenters. The van der Waals surface area contributed by atoms with Gasteiger partial charge in [-0.2, -0.15) is 0 Å². The Balaban J connectivity index is 1.79. The third-order valence-corrected chi connectivity index (χ3v) is 9.24. The number of carbonyl (C=O) groups excluding carboxylic acids is 3. The third kappa shape index (κ3) is 4.81. The van der Waals surface area contributed by atoms with Crippen LogP contribution in [0.2, 0.25) is 0 Å². The number of aliphatic hydroxyl groups excluding tert-OH is 1. The number of aliphatic hydroxyl groups is 1. The van der Waals surface area contributed by atoms with Crippen LogP contribution in [0.5, 0.6) is 0 Å². The van der Waals surface area contributed by atoms with Crippen LogP contribution in [0.3, 0.4) is 0 Å². The number of amides is 2. The van der Waals surface area contributed by atoms with Crippen molar-refractivity contribution < 1.29 is 29.0 Å². The number of benzene rings is 1. The molecule has 4 rings (SSSR count). The highest BCUT2D eigenvalue weighted by molar-refractivity contribution is 6.05. The molecule has 2 amide bonds. The summed E-state index contributed by atoms with van der Waals surface area (Å²) in [7, 11) is 0. The summed E-state index contributed by atoms with van der Waals surface area (Å²) in [5, 5.41) is 10.5. The first-order valence-electron chi connectivity index (χ1n) is 14.8. The normalized spacial score (nSPS) is 28.2. The fraction of sp³-hybridized carbons (Fsp3) is 0.645. The molecule has 2 bridgehead atoms. The third-order valence-electron chi connectivity index (χ3n) is 9.24. The van der Waals surface area contributed by atoms with Gasteiger partial charge in [-0.05, 0) is 63.8 Å². The molecule has 3 fully saturated rings. The molecular formula is C31H45N3O6. The first-order chi connectivity index (χ1) is 19.2. The van der Waals surface area contributed by atoms with E-state index in [4.69, 9.17) is 9.47 Å². The molecule has 3 aliphatic rings. The summed E-state index contributed by atoms with van der Waals surface area (Å²) >= 11 is 0. The Labute approximate surface area is 238 Å². The minimum atomic E-state index is -1.16. The molecule has 2 unspecified atom stereocenters. The standard InChI is InChI=1S/C31H45N3O6/c1-7-18-33(22-14-12-21(13-15-22)32(9-3)10-4)29(37)27-31-17-16-24(40-31)25(30(38)39-11-5)26(31)28(36)34(27)23(19-35)20(6)8-2/h7,12-15,20,23-27,35H,1,8-11,16-19H2,2-6H3/t20-,23-,24+,25-,26-,27?,31?/m0/s1. The monoisotopic (exact) mass is 555 g/mol. The summed E-state index contributed by atoms with van der Waals surface area (Å²) in [4.78, 5) is 47.4. The van der Waals surface area contributed by atoms with Gasteiger partial charge in [-0.15, -0.1) is 6.58 Å². The Morgan fingerprint density at radius 3 is 2.40 bits per heavy atom. The van der Waals surface area contributed by atoms with Crippen LogP contribution < -0.4 is 9.80 Å². The van der Waals surface area contributed by atoms with Crippen molar-refractivity contribution in [2.24, 2.45) is 17.8 Å². The van der Waals surface area contributed by atoms with Gasteiger partial charge in [0.1, 0.15) is 11.6 Å². The van der Waals surface area contributed by atoms with Gasteiger partial charge >= 0.3 is 5.97 Å². The number of esters is 1. The molecule has 3 saturated heterocycles. The number of fused-ring (bicyclic) bond motifs is 1. The van der Waals surface area contributed by atoms with Gasteiger partial charge in [0.05, 0.1) is 37.2 Å². The van der Waals surface area contributed by atoms with E-state index in [0.717, 1.165) is 18.8 Å². The zero-order valence-corrected chi connectivity index (χ0v) is 24.5. The Bertz CT molecular complexity index is 1090. The molecule has 0 aromatic heterocycles. The smallest absolute Gasteiger partial charge is 0.312 e. The van der Waals surface area contributed by atoms with E-state index in [0.29, 0.717) is 24.9 Å². The van der Waals surface area contributed by atoms with E-state index in [2.05, 4.69) is 25.3 Å². The number of ether oxygens (including phenoxy) is 2. The fourth-order valence-electron chi connectivity index (χ4n) is 7.08. The predicted molar refractivity (Wildman–Crippen MR) is 154 cm³/mol. The molecule has 0 saturated carbocycles. The van der Waals surface area contributed by atoms with E-state index in [9.17, 15) is 19.5 Å². The van der Waals surface area contributed by atoms with E-state index < -0.39 is 41.6 Å². The minimum Gasteiger partial charge on any atom is -0.466 e. The molecule has 0 radical (unpaired) electrons. The summed E-state index contributed by atoms with van der Waals surface area (Å²) in [6.07, 6.45) is 2.96. The second kappa shape index (κ2) is 12.3. The number of nitrogens with zero attached hydrogens (tertiary/aromatic N) is 3. The lowest BCUT2D eigenvalue weighted by molar-refractivity contribution is -0.155. The highest BCUT2D eigenvalue weighted by atomic mass is 16.6. The van der Waals surface area contributed by atoms with Crippen LogP contribution in [0.4, 0.5) is 11.4 Å². The topological polar surface area (TPSA) is 99.6 Å². The van der Waals surface area contributed by atoms with Crippen LogP contribution in [0.25, 0.3) is 0 Å². The second-order valence-corrected chi connectivity index (χ2v) is 11.1. The van der Waals surface area contributed by atoms with Crippen molar-refractivity contribution in [3.8, 4) is 0 Å². The summed E-state index contributed by atoms with van der Waals surface area (Å²) in [5.41, 5.74) is 0.590. The maximum absolute atomic E-state index is 14.7. The van der Waals surface area contributed by atoms with Gasteiger partial charge in [-0.25, -0.2) is 0 Å². The number of anilines is 2. The van der Waals surface area contributed by atoms with E-state index in [1.807, 2.05) is 38.1 Å². The van der Waals surface area contributed by atoms with Crippen molar-refractivity contribution in [2.45, 2.75) is 77.7 Å². The molecule has 1 N–H and O–H groups in total. The molecule has 9 heteroatoms. The molecule has 40 heavy (non-hydrogen) atoms. The van der Waals surface area contributed by atoms with Gasteiger partial charge in [0.2, 0.25) is 5.91 Å². The summed E-state index contributed by atoms with van der Waals surface area (Å²) < 4.78 is 11.9. The second-order valence-electron chi connectivity index (χ2n) is 11.1. The van der Waals surface area contributed by atoms with Crippen molar-refractivity contribution in [1.82, 2.24) is 4.90 Å². The van der Waals surface area contributed by atoms with E-state index >= 15 is 0 Å². The van der Waals surface area contributed by atoms with E-state index in [-0.39, 0.29) is 37.5 Å². The van der Waals surface area contributed by atoms with Crippen molar-refractivity contribution in [1.29, 1.82) is 0 Å². The maximum Gasteiger partial charge on any atom is 0.312 e. The molecule has 0 aliphatic carbocycles. The summed E-state index contributed by atoms with van der Waals surface area (Å²) in [6.45, 7) is 15.7. The Morgan fingerprint density at radius 2 is 1.85 bits per heavy atom. The average molecular weight is 556 g/mol. The van der Waals surface area contributed by atoms with Crippen LogP contribution in [-0.4, -0.2) is 84.4 Å². The molecule has 1 spiro atoms. The number of hydrogen-bond acceptors (Lipinski definition) is 7. The van der Waals surface area contributed by atoms with Gasteiger partial charge in [0.15, 0.2) is 0 Å². The molecule has 9 nitrogen and oxygen atoms in total. The first-order valence-corrected chi connectivity index (χ1v) is 14.8. The number of carbonyl (C=O) groups is 3. The van der Waals surface area contributed by atoms with Gasteiger partial charge in [0.25, 0.3) is 5.91 Å². The number of rotatable bonds is 13. The van der Waals surface area contributed by atoms with Gasteiger partial charge in [-0.1, -0.05) is 26.3 Å². The highest BCUT2D eigenvalue weighted by Crippen LogP contribution is 2.59. The molecule has 1 aromatic rings. The largest absolute Gasteiger partial charge is 0.466 e. The van der Waals surface area contributed by atoms with Gasteiger partial charge < -0.3 is 29.3 Å². The molecule has 220 valence electrons. The quantitative estimate of drug-likeness (QED) is 0.294. The number of hydrogen-bond donors (Lipinski definition) is 1. The van der Waals surface area contributed by atoms with Crippen molar-refractivity contribution in [3.05, 3.63) is 36.9 Å². The lowest BCUT2D eigenvalue weighted by Crippen LogP contribution is -2.60. The summed E-state index contributed by atoms with van der Waals surface area (Å²) in [5.74, 6) is -2.72. The maximum atomic E-state index is 14.7. The van der Waals surface area contributed by atoms with Gasteiger partial charge in [-0.3, -0.25) is 14.4 Å². The molecule has 1 aromatic carbocycles. The summed E-state index contributed by atoms with van der Waals surface area (Å²) in [6, 6.07) is 6.24. The van der Waals surface area contributed by atoms with Crippen molar-refractivity contribution in [2.75, 3.05) is 42.6 Å². The van der Waals surface area contributed by atoms with Crippen LogP contribution in [0.15, 0.2) is 36.9 Å². The van der Waals surface area contributed by atoms with Crippen LogP contribution in [0, 0.1) is 17.8 Å². The zero-order chi connectivity index (χ0) is 29.2. The van der Waals surface area contributed by atoms with E-state index in [1.54, 1.807) is 22.8 Å². The average Bonchev–Trinajstić information content (AvgIpc) is 3.60. The zero-order valence-electron chi connectivity index (χ0n) is 24.5. The predicted octanol–water partition coefficient (Wildman–Crippen LogP) is 3.40. The molecule has 3 aliphatic heterocycles. The van der Waals surface area contributed by atoms with Crippen LogP contribution in [0.1, 0.15) is 53.9 Å². The Hall–Kier alpha value is -2.91. The highest BCUT2D eigenvalue weighted by Gasteiger charge is 2.75. The SMILES string of the molecule is C=CCN(C(=O)C1N([C@@H](CO)[C@@H](C)CC)C(=O)[C@@H]2[C@@H](C(=O)OCC)[C@H]3CCC12O3)c1ccc(N(CC)CC)cc1. The van der Waals surface area contributed by atoms with Crippen molar-refractivity contribution in [3.63, 3.8) is 0 Å². The molecule has 3 heterocycles. The minimum absolute atomic E-state index is 0.0704. The lowest BCUT2D eigenvalue weighted by atomic mass is 9.70. The Morgan fingerprint density at radius 1 is 1.20 bits per heavy atom. The lowest BCUT2D eigenvalue weighted by Gasteiger charge is -2.41. The fourth-order valence-corrected chi connectivity index (χ4v) is 7.08. The van der Waals surface area contributed by atoms with Gasteiger partial charge in [0, 0.05) is 31.0 Å². The van der Waals surface area contributed by atoms with Crippen LogP contribution >= 0.6 is 0 Å². The van der Waals surface area contributed by atoms with Crippen molar-refractivity contribution >= 4 is 29.2 Å². The van der Waals surface area contributed by atoms with Crippen LogP contribution in [-0.2, 0) is 23.9 Å². The number of likely N-dealkylation sites (tertiary alicyclic amines) is 1.